The summed E-state index contributed by atoms with van der Waals surface area (Å²) in [6.07, 6.45) is 2.28. The number of nitrogens with two attached hydrogens (primary N) is 1. The third kappa shape index (κ3) is 4.64. The maximum Gasteiger partial charge on any atom is 0.170 e. The summed E-state index contributed by atoms with van der Waals surface area (Å²) in [6, 6.07) is 5.26. The van der Waals surface area contributed by atoms with Crippen LogP contribution in [0.4, 0.5) is 0 Å². The first-order valence-electron chi connectivity index (χ1n) is 6.99. The first-order chi connectivity index (χ1) is 9.62. The molecule has 20 heavy (non-hydrogen) atoms. The minimum absolute atomic E-state index is 0.0526. The van der Waals surface area contributed by atoms with Gasteiger partial charge >= 0.3 is 0 Å². The van der Waals surface area contributed by atoms with Gasteiger partial charge in [0, 0.05) is 5.56 Å². The third-order valence-corrected chi connectivity index (χ3v) is 2.95. The van der Waals surface area contributed by atoms with Gasteiger partial charge in [0.15, 0.2) is 17.3 Å². The van der Waals surface area contributed by atoms with Crippen molar-refractivity contribution in [2.75, 3.05) is 13.2 Å². The number of ether oxygens (including phenoxy) is 2. The van der Waals surface area contributed by atoms with Crippen LogP contribution in [0.3, 0.4) is 0 Å². The highest BCUT2D eigenvalue weighted by Gasteiger charge is 2.10. The fourth-order valence-corrected chi connectivity index (χ4v) is 1.92. The Morgan fingerprint density at radius 1 is 1.30 bits per heavy atom. The summed E-state index contributed by atoms with van der Waals surface area (Å²) in [5.74, 6) is 1.85. The van der Waals surface area contributed by atoms with Gasteiger partial charge in [-0.25, -0.2) is 0 Å². The standard InChI is InChI=1S/C15H24N2O3/c1-4-6-11(3)10-20-13-8-7-12(15(16)17-18)9-14(13)19-5-2/h7-9,11,18H,4-6,10H2,1-3H3,(H2,16,17). The molecule has 1 rings (SSSR count). The van der Waals surface area contributed by atoms with Crippen molar-refractivity contribution in [2.24, 2.45) is 16.8 Å². The minimum Gasteiger partial charge on any atom is -0.490 e. The zero-order chi connectivity index (χ0) is 15.0. The van der Waals surface area contributed by atoms with Crippen molar-refractivity contribution in [2.45, 2.75) is 33.6 Å². The van der Waals surface area contributed by atoms with Gasteiger partial charge in [0.2, 0.25) is 0 Å². The van der Waals surface area contributed by atoms with Gasteiger partial charge in [-0.3, -0.25) is 0 Å². The lowest BCUT2D eigenvalue weighted by molar-refractivity contribution is 0.234. The summed E-state index contributed by atoms with van der Waals surface area (Å²) in [6.45, 7) is 7.40. The molecule has 0 saturated heterocycles. The molecule has 1 aromatic carbocycles. The van der Waals surface area contributed by atoms with Gasteiger partial charge in [0.1, 0.15) is 0 Å². The van der Waals surface area contributed by atoms with Crippen molar-refractivity contribution >= 4 is 5.84 Å². The molecule has 112 valence electrons. The van der Waals surface area contributed by atoms with Crippen LogP contribution in [0.2, 0.25) is 0 Å². The van der Waals surface area contributed by atoms with Crippen LogP contribution in [0.1, 0.15) is 39.2 Å². The van der Waals surface area contributed by atoms with E-state index < -0.39 is 0 Å². The monoisotopic (exact) mass is 280 g/mol. The molecule has 1 atom stereocenters. The first kappa shape index (κ1) is 16.1. The Kier molecular flexibility index (Phi) is 6.70. The average molecular weight is 280 g/mol. The summed E-state index contributed by atoms with van der Waals surface area (Å²) in [7, 11) is 0. The van der Waals surface area contributed by atoms with E-state index in [2.05, 4.69) is 19.0 Å². The van der Waals surface area contributed by atoms with E-state index in [1.807, 2.05) is 6.92 Å². The van der Waals surface area contributed by atoms with Crippen LogP contribution in [0.15, 0.2) is 23.4 Å². The van der Waals surface area contributed by atoms with Crippen LogP contribution >= 0.6 is 0 Å². The van der Waals surface area contributed by atoms with Gasteiger partial charge in [-0.2, -0.15) is 0 Å². The number of oxime groups is 1. The predicted molar refractivity (Wildman–Crippen MR) is 79.7 cm³/mol. The zero-order valence-corrected chi connectivity index (χ0v) is 12.4. The quantitative estimate of drug-likeness (QED) is 0.332. The normalized spacial score (nSPS) is 13.1. The zero-order valence-electron chi connectivity index (χ0n) is 12.4. The summed E-state index contributed by atoms with van der Waals surface area (Å²) in [4.78, 5) is 0. The van der Waals surface area contributed by atoms with Crippen LogP contribution in [0.5, 0.6) is 11.5 Å². The highest BCUT2D eigenvalue weighted by atomic mass is 16.5. The number of nitrogens with zero attached hydrogens (tertiary/aromatic N) is 1. The highest BCUT2D eigenvalue weighted by molar-refractivity contribution is 5.97. The maximum absolute atomic E-state index is 8.70. The number of hydrogen-bond acceptors (Lipinski definition) is 4. The molecule has 0 aliphatic heterocycles. The van der Waals surface area contributed by atoms with Gasteiger partial charge in [0.25, 0.3) is 0 Å². The SMILES string of the molecule is CCCC(C)COc1ccc(C(N)=NO)cc1OCC. The van der Waals surface area contributed by atoms with Crippen LogP contribution < -0.4 is 15.2 Å². The van der Waals surface area contributed by atoms with Gasteiger partial charge in [-0.15, -0.1) is 0 Å². The molecule has 0 aliphatic rings. The van der Waals surface area contributed by atoms with Crippen LogP contribution in [-0.2, 0) is 0 Å². The molecule has 0 bridgehead atoms. The highest BCUT2D eigenvalue weighted by Crippen LogP contribution is 2.29. The van der Waals surface area contributed by atoms with Crippen LogP contribution in [0.25, 0.3) is 0 Å². The number of benzene rings is 1. The number of amidine groups is 1. The van der Waals surface area contributed by atoms with Crippen molar-refractivity contribution in [3.63, 3.8) is 0 Å². The smallest absolute Gasteiger partial charge is 0.170 e. The Bertz CT molecular complexity index is 447. The molecule has 5 heteroatoms. The van der Waals surface area contributed by atoms with Crippen molar-refractivity contribution < 1.29 is 14.7 Å². The summed E-state index contributed by atoms with van der Waals surface area (Å²) < 4.78 is 11.4. The molecule has 5 nitrogen and oxygen atoms in total. The van der Waals surface area contributed by atoms with Crippen LogP contribution in [0, 0.1) is 5.92 Å². The van der Waals surface area contributed by atoms with Crippen molar-refractivity contribution in [1.82, 2.24) is 0 Å². The first-order valence-corrected chi connectivity index (χ1v) is 6.99. The fraction of sp³-hybridized carbons (Fsp3) is 0.533. The minimum atomic E-state index is 0.0526. The molecule has 0 saturated carbocycles. The summed E-state index contributed by atoms with van der Waals surface area (Å²) >= 11 is 0. The van der Waals surface area contributed by atoms with E-state index in [1.165, 1.54) is 0 Å². The van der Waals surface area contributed by atoms with E-state index in [1.54, 1.807) is 18.2 Å². The molecule has 0 aromatic heterocycles. The van der Waals surface area contributed by atoms with Crippen molar-refractivity contribution in [3.8, 4) is 11.5 Å². The van der Waals surface area contributed by atoms with Crippen LogP contribution in [-0.4, -0.2) is 24.3 Å². The average Bonchev–Trinajstić information content (AvgIpc) is 2.45. The Labute approximate surface area is 120 Å². The van der Waals surface area contributed by atoms with Crippen molar-refractivity contribution in [3.05, 3.63) is 23.8 Å². The molecule has 0 spiro atoms. The second kappa shape index (κ2) is 8.30. The number of hydrogen-bond donors (Lipinski definition) is 2. The summed E-state index contributed by atoms with van der Waals surface area (Å²) in [5.41, 5.74) is 6.18. The number of rotatable bonds is 8. The third-order valence-electron chi connectivity index (χ3n) is 2.95. The predicted octanol–water partition coefficient (Wildman–Crippen LogP) is 2.99. The van der Waals surface area contributed by atoms with E-state index >= 15 is 0 Å². The fourth-order valence-electron chi connectivity index (χ4n) is 1.92. The summed E-state index contributed by atoms with van der Waals surface area (Å²) in [5, 5.41) is 11.7. The lowest BCUT2D eigenvalue weighted by Crippen LogP contribution is -2.14. The van der Waals surface area contributed by atoms with Gasteiger partial charge in [-0.1, -0.05) is 25.4 Å². The molecule has 3 N–H and O–H groups in total. The Morgan fingerprint density at radius 2 is 2.05 bits per heavy atom. The van der Waals surface area contributed by atoms with E-state index in [-0.39, 0.29) is 5.84 Å². The second-order valence-electron chi connectivity index (χ2n) is 4.78. The lowest BCUT2D eigenvalue weighted by atomic mass is 10.1. The van der Waals surface area contributed by atoms with Crippen molar-refractivity contribution in [1.29, 1.82) is 0 Å². The van der Waals surface area contributed by atoms with Gasteiger partial charge in [-0.05, 0) is 37.5 Å². The van der Waals surface area contributed by atoms with E-state index in [4.69, 9.17) is 20.4 Å². The Hall–Kier alpha value is -1.91. The second-order valence-corrected chi connectivity index (χ2v) is 4.78. The molecule has 0 amide bonds. The topological polar surface area (TPSA) is 77.1 Å². The van der Waals surface area contributed by atoms with Gasteiger partial charge < -0.3 is 20.4 Å². The molecule has 1 unspecified atom stereocenters. The van der Waals surface area contributed by atoms with E-state index in [0.29, 0.717) is 36.2 Å². The molecule has 0 heterocycles. The molecular formula is C15H24N2O3. The molecule has 0 fully saturated rings. The molecule has 0 radical (unpaired) electrons. The molecular weight excluding hydrogens is 256 g/mol. The Balaban J connectivity index is 2.84. The Morgan fingerprint density at radius 3 is 2.65 bits per heavy atom. The van der Waals surface area contributed by atoms with E-state index in [9.17, 15) is 0 Å². The van der Waals surface area contributed by atoms with E-state index in [0.717, 1.165) is 12.8 Å². The maximum atomic E-state index is 8.70. The largest absolute Gasteiger partial charge is 0.490 e. The molecule has 0 aliphatic carbocycles. The lowest BCUT2D eigenvalue weighted by Gasteiger charge is -2.16. The van der Waals surface area contributed by atoms with Gasteiger partial charge in [0.05, 0.1) is 13.2 Å². The molecule has 1 aromatic rings.